The third kappa shape index (κ3) is 4.17. The number of rotatable bonds is 4. The van der Waals surface area contributed by atoms with E-state index in [-0.39, 0.29) is 18.1 Å². The molecule has 3 aliphatic heterocycles. The maximum absolute atomic E-state index is 14.6. The van der Waals surface area contributed by atoms with Crippen LogP contribution < -0.4 is 4.74 Å². The Morgan fingerprint density at radius 2 is 1.91 bits per heavy atom. The number of pyridine rings is 1. The van der Waals surface area contributed by atoms with E-state index in [1.807, 2.05) is 4.90 Å². The zero-order valence-electron chi connectivity index (χ0n) is 17.8. The van der Waals surface area contributed by atoms with Gasteiger partial charge in [-0.2, -0.15) is 18.2 Å². The predicted molar refractivity (Wildman–Crippen MR) is 112 cm³/mol. The standard InChI is InChI=1S/C23H19F5N4O2/c1-13-30-20(10-21-31-6-2-3-15(31)11-32(13)21)33-12-14-7-17(24)22(18(25)8-14)34-16-4-5-29-19(9-16)23(26,27)28/h4-5,7-10,15H,1-3,6,11-12H2. The summed E-state index contributed by atoms with van der Waals surface area (Å²) < 4.78 is 78.3. The highest BCUT2D eigenvalue weighted by Crippen LogP contribution is 2.37. The lowest BCUT2D eigenvalue weighted by molar-refractivity contribution is -0.141. The molecular weight excluding hydrogens is 459 g/mol. The first-order valence-corrected chi connectivity index (χ1v) is 10.5. The fraction of sp³-hybridized carbons (Fsp3) is 0.304. The van der Waals surface area contributed by atoms with Crippen molar-refractivity contribution in [3.05, 3.63) is 77.7 Å². The molecule has 1 unspecified atom stereocenters. The SMILES string of the molecule is C=C1N=C(OCc2cc(F)c(Oc3ccnc(C(F)(F)F)c3)c(F)c2)C=C2N1CC1CCCN21. The van der Waals surface area contributed by atoms with Gasteiger partial charge in [0.05, 0.1) is 0 Å². The minimum atomic E-state index is -4.72. The molecule has 34 heavy (non-hydrogen) atoms. The first-order valence-electron chi connectivity index (χ1n) is 10.5. The summed E-state index contributed by atoms with van der Waals surface area (Å²) in [7, 11) is 0. The largest absolute Gasteiger partial charge is 0.473 e. The van der Waals surface area contributed by atoms with E-state index in [1.165, 1.54) is 0 Å². The van der Waals surface area contributed by atoms with Crippen molar-refractivity contribution in [2.45, 2.75) is 31.7 Å². The molecule has 11 heteroatoms. The quantitative estimate of drug-likeness (QED) is 0.566. The number of halogens is 5. The van der Waals surface area contributed by atoms with Crippen molar-refractivity contribution >= 4 is 5.90 Å². The topological polar surface area (TPSA) is 50.2 Å². The van der Waals surface area contributed by atoms with Crippen molar-refractivity contribution < 1.29 is 31.4 Å². The third-order valence-corrected chi connectivity index (χ3v) is 5.83. The van der Waals surface area contributed by atoms with E-state index < -0.39 is 35.0 Å². The van der Waals surface area contributed by atoms with Crippen LogP contribution in [-0.4, -0.2) is 39.8 Å². The highest BCUT2D eigenvalue weighted by atomic mass is 19.4. The van der Waals surface area contributed by atoms with Gasteiger partial charge in [0.25, 0.3) is 0 Å². The first kappa shape index (κ1) is 22.2. The molecule has 2 saturated heterocycles. The van der Waals surface area contributed by atoms with E-state index in [1.54, 1.807) is 6.08 Å². The molecule has 178 valence electrons. The van der Waals surface area contributed by atoms with Crippen LogP contribution in [0, 0.1) is 11.6 Å². The number of ether oxygens (including phenoxy) is 2. The molecule has 0 aliphatic carbocycles. The van der Waals surface area contributed by atoms with Crippen molar-refractivity contribution in [3.63, 3.8) is 0 Å². The number of alkyl halides is 3. The number of aromatic nitrogens is 1. The maximum atomic E-state index is 14.6. The van der Waals surface area contributed by atoms with Crippen LogP contribution in [0.3, 0.4) is 0 Å². The van der Waals surface area contributed by atoms with E-state index in [4.69, 9.17) is 9.47 Å². The zero-order chi connectivity index (χ0) is 24.0. The van der Waals surface area contributed by atoms with Gasteiger partial charge in [-0.1, -0.05) is 6.58 Å². The van der Waals surface area contributed by atoms with Crippen molar-refractivity contribution in [1.82, 2.24) is 14.8 Å². The van der Waals surface area contributed by atoms with Crippen molar-refractivity contribution in [1.29, 1.82) is 0 Å². The molecule has 1 atom stereocenters. The summed E-state index contributed by atoms with van der Waals surface area (Å²) >= 11 is 0. The average Bonchev–Trinajstić information content (AvgIpc) is 3.37. The summed E-state index contributed by atoms with van der Waals surface area (Å²) in [5.74, 6) is -1.62. The molecule has 1 aromatic heterocycles. The summed E-state index contributed by atoms with van der Waals surface area (Å²) in [5, 5.41) is 0. The summed E-state index contributed by atoms with van der Waals surface area (Å²) in [6, 6.07) is 4.04. The summed E-state index contributed by atoms with van der Waals surface area (Å²) in [4.78, 5) is 11.8. The molecule has 0 bridgehead atoms. The third-order valence-electron chi connectivity index (χ3n) is 5.83. The molecule has 3 aliphatic rings. The van der Waals surface area contributed by atoms with Gasteiger partial charge in [-0.3, -0.25) is 4.98 Å². The molecular formula is C23H19F5N4O2. The lowest BCUT2D eigenvalue weighted by Crippen LogP contribution is -2.27. The van der Waals surface area contributed by atoms with Gasteiger partial charge in [-0.25, -0.2) is 8.78 Å². The molecule has 0 spiro atoms. The average molecular weight is 478 g/mol. The van der Waals surface area contributed by atoms with Gasteiger partial charge in [-0.05, 0) is 36.6 Å². The Kier molecular flexibility index (Phi) is 5.41. The van der Waals surface area contributed by atoms with Crippen LogP contribution in [0.1, 0.15) is 24.1 Å². The van der Waals surface area contributed by atoms with Gasteiger partial charge in [0, 0.05) is 37.5 Å². The van der Waals surface area contributed by atoms with E-state index in [9.17, 15) is 22.0 Å². The van der Waals surface area contributed by atoms with E-state index >= 15 is 0 Å². The van der Waals surface area contributed by atoms with Crippen molar-refractivity contribution in [3.8, 4) is 11.5 Å². The lowest BCUT2D eigenvalue weighted by atomic mass is 10.2. The fourth-order valence-corrected chi connectivity index (χ4v) is 4.29. The molecule has 0 N–H and O–H groups in total. The molecule has 4 heterocycles. The summed E-state index contributed by atoms with van der Waals surface area (Å²) in [6.07, 6.45) is 0.122. The highest BCUT2D eigenvalue weighted by molar-refractivity contribution is 5.90. The molecule has 0 amide bonds. The molecule has 0 radical (unpaired) electrons. The van der Waals surface area contributed by atoms with Crippen LogP contribution in [0.2, 0.25) is 0 Å². The first-order chi connectivity index (χ1) is 16.2. The normalized spacial score (nSPS) is 19.6. The molecule has 6 nitrogen and oxygen atoms in total. The Hall–Kier alpha value is -3.63. The molecule has 1 aromatic carbocycles. The summed E-state index contributed by atoms with van der Waals surface area (Å²) in [6.45, 7) is 5.55. The van der Waals surface area contributed by atoms with Gasteiger partial charge in [-0.15, -0.1) is 0 Å². The van der Waals surface area contributed by atoms with Crippen molar-refractivity contribution in [2.24, 2.45) is 4.99 Å². The number of fused-ring (bicyclic) bond motifs is 3. The Morgan fingerprint density at radius 3 is 2.65 bits per heavy atom. The Labute approximate surface area is 191 Å². The van der Waals surface area contributed by atoms with E-state index in [2.05, 4.69) is 21.5 Å². The molecule has 5 rings (SSSR count). The summed E-state index contributed by atoms with van der Waals surface area (Å²) in [5.41, 5.74) is -1.08. The Balaban J connectivity index is 1.29. The highest BCUT2D eigenvalue weighted by Gasteiger charge is 2.40. The second kappa shape index (κ2) is 8.30. The van der Waals surface area contributed by atoms with Gasteiger partial charge in [0.1, 0.15) is 29.7 Å². The number of nitrogens with zero attached hydrogens (tertiary/aromatic N) is 4. The van der Waals surface area contributed by atoms with E-state index in [0.29, 0.717) is 17.9 Å². The number of benzene rings is 1. The van der Waals surface area contributed by atoms with Gasteiger partial charge >= 0.3 is 6.18 Å². The van der Waals surface area contributed by atoms with Crippen LogP contribution in [-0.2, 0) is 17.5 Å². The van der Waals surface area contributed by atoms with Gasteiger partial charge < -0.3 is 19.3 Å². The number of hydrogen-bond donors (Lipinski definition) is 0. The molecule has 2 fully saturated rings. The second-order valence-electron chi connectivity index (χ2n) is 8.12. The fourth-order valence-electron chi connectivity index (χ4n) is 4.29. The minimum Gasteiger partial charge on any atom is -0.473 e. The monoisotopic (exact) mass is 478 g/mol. The number of hydrogen-bond acceptors (Lipinski definition) is 6. The Morgan fingerprint density at radius 1 is 1.15 bits per heavy atom. The van der Waals surface area contributed by atoms with Crippen LogP contribution in [0.25, 0.3) is 0 Å². The van der Waals surface area contributed by atoms with Gasteiger partial charge in [0.15, 0.2) is 17.4 Å². The number of aliphatic imine (C=N–C) groups is 1. The molecule has 0 saturated carbocycles. The molecule has 2 aromatic rings. The maximum Gasteiger partial charge on any atom is 0.433 e. The smallest absolute Gasteiger partial charge is 0.433 e. The van der Waals surface area contributed by atoms with Crippen molar-refractivity contribution in [2.75, 3.05) is 13.1 Å². The predicted octanol–water partition coefficient (Wildman–Crippen LogP) is 5.19. The van der Waals surface area contributed by atoms with Crippen LogP contribution >= 0.6 is 0 Å². The van der Waals surface area contributed by atoms with Crippen LogP contribution in [0.5, 0.6) is 11.5 Å². The minimum absolute atomic E-state index is 0.160. The Bertz CT molecular complexity index is 1190. The second-order valence-corrected chi connectivity index (χ2v) is 8.12. The van der Waals surface area contributed by atoms with E-state index in [0.717, 1.165) is 56.1 Å². The van der Waals surface area contributed by atoms with Crippen LogP contribution in [0.4, 0.5) is 22.0 Å². The zero-order valence-corrected chi connectivity index (χ0v) is 17.8. The van der Waals surface area contributed by atoms with Gasteiger partial charge in [0.2, 0.25) is 5.90 Å². The lowest BCUT2D eigenvalue weighted by Gasteiger charge is -2.27. The van der Waals surface area contributed by atoms with Crippen LogP contribution in [0.15, 0.2) is 59.8 Å².